The van der Waals surface area contributed by atoms with E-state index in [1.807, 2.05) is 6.92 Å². The van der Waals surface area contributed by atoms with E-state index in [2.05, 4.69) is 4.98 Å². The van der Waals surface area contributed by atoms with E-state index >= 15 is 0 Å². The molecule has 0 bridgehead atoms. The van der Waals surface area contributed by atoms with Gasteiger partial charge in [-0.3, -0.25) is 4.79 Å². The fourth-order valence-corrected chi connectivity index (χ4v) is 2.65. The highest BCUT2D eigenvalue weighted by Crippen LogP contribution is 2.15. The van der Waals surface area contributed by atoms with E-state index in [0.717, 1.165) is 15.9 Å². The van der Waals surface area contributed by atoms with Crippen LogP contribution < -0.4 is 0 Å². The SMILES string of the molecule is Cc1ccc(S(=O)(=O)n2cncc2C=O)cc1. The van der Waals surface area contributed by atoms with Gasteiger partial charge in [0.1, 0.15) is 12.0 Å². The van der Waals surface area contributed by atoms with Crippen LogP contribution in [0.2, 0.25) is 0 Å². The number of rotatable bonds is 3. The molecule has 88 valence electrons. The second kappa shape index (κ2) is 4.14. The second-order valence-electron chi connectivity index (χ2n) is 3.55. The standard InChI is InChI=1S/C11H10N2O3S/c1-9-2-4-11(5-3-9)17(15,16)13-8-12-6-10(13)7-14/h2-8H,1H3. The fraction of sp³-hybridized carbons (Fsp3) is 0.0909. The minimum absolute atomic E-state index is 0.00516. The highest BCUT2D eigenvalue weighted by atomic mass is 32.2. The molecule has 0 unspecified atom stereocenters. The summed E-state index contributed by atoms with van der Waals surface area (Å²) in [6.45, 7) is 1.87. The van der Waals surface area contributed by atoms with Gasteiger partial charge >= 0.3 is 0 Å². The molecule has 0 aliphatic carbocycles. The number of imidazole rings is 1. The molecule has 1 aromatic carbocycles. The van der Waals surface area contributed by atoms with Crippen molar-refractivity contribution in [3.63, 3.8) is 0 Å². The van der Waals surface area contributed by atoms with Crippen LogP contribution in [0.25, 0.3) is 0 Å². The van der Waals surface area contributed by atoms with Crippen LogP contribution >= 0.6 is 0 Å². The van der Waals surface area contributed by atoms with Crippen molar-refractivity contribution in [3.8, 4) is 0 Å². The smallest absolute Gasteiger partial charge is 0.269 e. The van der Waals surface area contributed by atoms with Crippen LogP contribution in [0.5, 0.6) is 0 Å². The van der Waals surface area contributed by atoms with E-state index in [0.29, 0.717) is 6.29 Å². The summed E-state index contributed by atoms with van der Waals surface area (Å²) in [4.78, 5) is 14.5. The maximum atomic E-state index is 12.2. The zero-order valence-corrected chi connectivity index (χ0v) is 9.89. The molecule has 6 heteroatoms. The average Bonchev–Trinajstić information content (AvgIpc) is 2.78. The summed E-state index contributed by atoms with van der Waals surface area (Å²) < 4.78 is 25.2. The molecule has 2 aromatic rings. The number of aromatic nitrogens is 2. The number of hydrogen-bond acceptors (Lipinski definition) is 4. The number of carbonyl (C=O) groups excluding carboxylic acids is 1. The Hall–Kier alpha value is -1.95. The summed E-state index contributed by atoms with van der Waals surface area (Å²) in [5.41, 5.74) is 0.968. The van der Waals surface area contributed by atoms with Crippen LogP contribution in [0.15, 0.2) is 41.7 Å². The third-order valence-corrected chi connectivity index (χ3v) is 4.02. The Morgan fingerprint density at radius 2 is 1.88 bits per heavy atom. The summed E-state index contributed by atoms with van der Waals surface area (Å²) in [6.07, 6.45) is 2.77. The first-order valence-corrected chi connectivity index (χ1v) is 6.29. The van der Waals surface area contributed by atoms with Gasteiger partial charge in [-0.15, -0.1) is 0 Å². The highest BCUT2D eigenvalue weighted by Gasteiger charge is 2.19. The Labute approximate surface area is 98.8 Å². The Balaban J connectivity index is 2.57. The predicted molar refractivity (Wildman–Crippen MR) is 61.4 cm³/mol. The van der Waals surface area contributed by atoms with Gasteiger partial charge in [0.05, 0.1) is 11.1 Å². The summed E-state index contributed by atoms with van der Waals surface area (Å²) >= 11 is 0. The topological polar surface area (TPSA) is 69.0 Å². The summed E-state index contributed by atoms with van der Waals surface area (Å²) in [6, 6.07) is 6.40. The van der Waals surface area contributed by atoms with Crippen LogP contribution in [0.3, 0.4) is 0 Å². The van der Waals surface area contributed by atoms with Crippen molar-refractivity contribution in [3.05, 3.63) is 48.0 Å². The lowest BCUT2D eigenvalue weighted by atomic mass is 10.2. The Morgan fingerprint density at radius 3 is 2.47 bits per heavy atom. The first-order valence-electron chi connectivity index (χ1n) is 4.85. The molecule has 0 N–H and O–H groups in total. The molecule has 17 heavy (non-hydrogen) atoms. The van der Waals surface area contributed by atoms with E-state index in [1.165, 1.54) is 18.3 Å². The van der Waals surface area contributed by atoms with Gasteiger partial charge in [0.2, 0.25) is 0 Å². The van der Waals surface area contributed by atoms with Crippen LogP contribution in [0.4, 0.5) is 0 Å². The molecule has 0 saturated heterocycles. The Bertz CT molecular complexity index is 642. The first kappa shape index (κ1) is 11.5. The number of benzene rings is 1. The van der Waals surface area contributed by atoms with Crippen LogP contribution in [0.1, 0.15) is 16.1 Å². The van der Waals surface area contributed by atoms with Crippen molar-refractivity contribution in [1.82, 2.24) is 8.96 Å². The molecule has 0 amide bonds. The molecule has 0 atom stereocenters. The van der Waals surface area contributed by atoms with Crippen molar-refractivity contribution in [2.45, 2.75) is 11.8 Å². The van der Waals surface area contributed by atoms with Gasteiger partial charge in [0.15, 0.2) is 6.29 Å². The van der Waals surface area contributed by atoms with Crippen molar-refractivity contribution in [2.24, 2.45) is 0 Å². The third kappa shape index (κ3) is 1.99. The van der Waals surface area contributed by atoms with Crippen LogP contribution in [-0.4, -0.2) is 23.7 Å². The lowest BCUT2D eigenvalue weighted by Gasteiger charge is -2.06. The highest BCUT2D eigenvalue weighted by molar-refractivity contribution is 7.90. The van der Waals surface area contributed by atoms with E-state index in [4.69, 9.17) is 0 Å². The van der Waals surface area contributed by atoms with Crippen molar-refractivity contribution >= 4 is 16.3 Å². The number of carbonyl (C=O) groups is 1. The van der Waals surface area contributed by atoms with Gasteiger partial charge < -0.3 is 0 Å². The average molecular weight is 250 g/mol. The predicted octanol–water partition coefficient (Wildman–Crippen LogP) is 1.24. The Kier molecular flexibility index (Phi) is 2.81. The number of aldehydes is 1. The third-order valence-electron chi connectivity index (χ3n) is 2.33. The van der Waals surface area contributed by atoms with Crippen molar-refractivity contribution in [2.75, 3.05) is 0 Å². The first-order chi connectivity index (χ1) is 8.05. The lowest BCUT2D eigenvalue weighted by molar-refractivity contribution is 0.111. The number of nitrogens with zero attached hydrogens (tertiary/aromatic N) is 2. The zero-order valence-electron chi connectivity index (χ0n) is 9.07. The van der Waals surface area contributed by atoms with Gasteiger partial charge in [0.25, 0.3) is 10.0 Å². The summed E-state index contributed by atoms with van der Waals surface area (Å²) in [7, 11) is -3.73. The van der Waals surface area contributed by atoms with Gasteiger partial charge in [0, 0.05) is 0 Å². The zero-order chi connectivity index (χ0) is 12.5. The number of hydrogen-bond donors (Lipinski definition) is 0. The lowest BCUT2D eigenvalue weighted by Crippen LogP contribution is -2.14. The van der Waals surface area contributed by atoms with Gasteiger partial charge in [-0.1, -0.05) is 17.7 Å². The summed E-state index contributed by atoms with van der Waals surface area (Å²) in [5, 5.41) is 0. The van der Waals surface area contributed by atoms with Crippen molar-refractivity contribution < 1.29 is 13.2 Å². The molecule has 0 fully saturated rings. The minimum Gasteiger partial charge on any atom is -0.296 e. The van der Waals surface area contributed by atoms with E-state index in [9.17, 15) is 13.2 Å². The molecular formula is C11H10N2O3S. The maximum absolute atomic E-state index is 12.2. The number of aryl methyl sites for hydroxylation is 1. The van der Waals surface area contributed by atoms with Crippen LogP contribution in [-0.2, 0) is 10.0 Å². The molecule has 0 radical (unpaired) electrons. The van der Waals surface area contributed by atoms with Crippen LogP contribution in [0, 0.1) is 6.92 Å². The van der Waals surface area contributed by atoms with Gasteiger partial charge in [-0.2, -0.15) is 0 Å². The minimum atomic E-state index is -3.73. The monoisotopic (exact) mass is 250 g/mol. The fourth-order valence-electron chi connectivity index (χ4n) is 1.40. The molecule has 0 aliphatic rings. The van der Waals surface area contributed by atoms with Crippen molar-refractivity contribution in [1.29, 1.82) is 0 Å². The normalized spacial score (nSPS) is 11.4. The molecule has 0 aliphatic heterocycles. The molecule has 5 nitrogen and oxygen atoms in total. The second-order valence-corrected chi connectivity index (χ2v) is 5.37. The quantitative estimate of drug-likeness (QED) is 0.768. The molecule has 2 rings (SSSR count). The molecule has 0 spiro atoms. The molecule has 1 aromatic heterocycles. The van der Waals surface area contributed by atoms with E-state index < -0.39 is 10.0 Å². The van der Waals surface area contributed by atoms with Gasteiger partial charge in [-0.05, 0) is 19.1 Å². The van der Waals surface area contributed by atoms with E-state index in [-0.39, 0.29) is 10.6 Å². The molecule has 1 heterocycles. The van der Waals surface area contributed by atoms with E-state index in [1.54, 1.807) is 12.1 Å². The molecule has 0 saturated carbocycles. The van der Waals surface area contributed by atoms with Gasteiger partial charge in [-0.25, -0.2) is 17.4 Å². The molecular weight excluding hydrogens is 240 g/mol. The largest absolute Gasteiger partial charge is 0.296 e. The maximum Gasteiger partial charge on any atom is 0.269 e. The summed E-state index contributed by atoms with van der Waals surface area (Å²) in [5.74, 6) is 0. The Morgan fingerprint density at radius 1 is 1.24 bits per heavy atom.